The van der Waals surface area contributed by atoms with Gasteiger partial charge in [-0.05, 0) is 60.3 Å². The van der Waals surface area contributed by atoms with E-state index >= 15 is 0 Å². The van der Waals surface area contributed by atoms with Crippen LogP contribution in [0.25, 0.3) is 31.5 Å². The Morgan fingerprint density at radius 3 is 2.81 bits per heavy atom. The summed E-state index contributed by atoms with van der Waals surface area (Å²) in [6, 6.07) is 18.0. The lowest BCUT2D eigenvalue weighted by atomic mass is 10.2. The fraction of sp³-hybridized carbons (Fsp3) is 0.0909. The number of aryl methyl sites for hydroxylation is 1. The van der Waals surface area contributed by atoms with E-state index in [0.29, 0.717) is 5.16 Å². The van der Waals surface area contributed by atoms with Crippen molar-refractivity contribution < 1.29 is 4.79 Å². The Morgan fingerprint density at radius 1 is 1.13 bits per heavy atom. The molecule has 3 aromatic heterocycles. The monoisotopic (exact) mass is 463 g/mol. The normalized spacial score (nSPS) is 11.1. The summed E-state index contributed by atoms with van der Waals surface area (Å²) in [6.45, 7) is 2.08. The summed E-state index contributed by atoms with van der Waals surface area (Å²) < 4.78 is 1.18. The van der Waals surface area contributed by atoms with Gasteiger partial charge >= 0.3 is 0 Å². The van der Waals surface area contributed by atoms with Gasteiger partial charge in [0.05, 0.1) is 20.8 Å². The van der Waals surface area contributed by atoms with E-state index in [-0.39, 0.29) is 11.7 Å². The summed E-state index contributed by atoms with van der Waals surface area (Å²) in [7, 11) is 0. The fourth-order valence-electron chi connectivity index (χ4n) is 3.01. The predicted octanol–water partition coefficient (Wildman–Crippen LogP) is 5.85. The molecule has 0 unspecified atom stereocenters. The number of H-pyrrole nitrogens is 1. The first kappa shape index (κ1) is 19.9. The van der Waals surface area contributed by atoms with Gasteiger partial charge in [0.2, 0.25) is 11.1 Å². The first-order valence-electron chi connectivity index (χ1n) is 9.50. The largest absolute Gasteiger partial charge is 0.325 e. The summed E-state index contributed by atoms with van der Waals surface area (Å²) in [4.78, 5) is 22.5. The van der Waals surface area contributed by atoms with Gasteiger partial charge in [-0.1, -0.05) is 23.9 Å². The van der Waals surface area contributed by atoms with Crippen molar-refractivity contribution in [1.29, 1.82) is 0 Å². The van der Waals surface area contributed by atoms with Gasteiger partial charge in [0.15, 0.2) is 5.82 Å². The van der Waals surface area contributed by atoms with Crippen molar-refractivity contribution in [1.82, 2.24) is 20.2 Å². The minimum absolute atomic E-state index is 0.101. The lowest BCUT2D eigenvalue weighted by Crippen LogP contribution is -2.14. The van der Waals surface area contributed by atoms with Crippen molar-refractivity contribution in [2.45, 2.75) is 12.1 Å². The van der Waals surface area contributed by atoms with E-state index in [1.165, 1.54) is 22.0 Å². The van der Waals surface area contributed by atoms with Crippen molar-refractivity contribution >= 4 is 56.2 Å². The molecule has 154 valence electrons. The van der Waals surface area contributed by atoms with Gasteiger partial charge in [0.25, 0.3) is 0 Å². The molecule has 0 aliphatic heterocycles. The molecule has 0 atom stereocenters. The molecule has 0 aliphatic rings. The highest BCUT2D eigenvalue weighted by atomic mass is 32.2. The molecule has 5 rings (SSSR count). The average molecular weight is 464 g/mol. The van der Waals surface area contributed by atoms with E-state index in [9.17, 15) is 4.79 Å². The molecule has 0 fully saturated rings. The van der Waals surface area contributed by atoms with Crippen LogP contribution in [0.1, 0.15) is 5.56 Å². The molecule has 0 bridgehead atoms. The molecular weight excluding hydrogens is 446 g/mol. The fourth-order valence-corrected chi connectivity index (χ4v) is 5.34. The van der Waals surface area contributed by atoms with E-state index in [4.69, 9.17) is 4.98 Å². The second-order valence-corrected chi connectivity index (χ2v) is 9.77. The molecule has 3 heterocycles. The number of fused-ring (bicyclic) bond motifs is 1. The van der Waals surface area contributed by atoms with Gasteiger partial charge in [0.1, 0.15) is 5.01 Å². The Labute approximate surface area is 190 Å². The van der Waals surface area contributed by atoms with Crippen LogP contribution in [0.3, 0.4) is 0 Å². The molecular formula is C22H17N5OS3. The second-order valence-electron chi connectivity index (χ2n) is 6.85. The van der Waals surface area contributed by atoms with Gasteiger partial charge in [-0.25, -0.2) is 9.97 Å². The van der Waals surface area contributed by atoms with Gasteiger partial charge in [0, 0.05) is 11.3 Å². The topological polar surface area (TPSA) is 83.6 Å². The van der Waals surface area contributed by atoms with Gasteiger partial charge < -0.3 is 5.32 Å². The molecule has 2 N–H and O–H groups in total. The van der Waals surface area contributed by atoms with Crippen LogP contribution < -0.4 is 5.32 Å². The van der Waals surface area contributed by atoms with E-state index in [0.717, 1.165) is 32.5 Å². The second kappa shape index (κ2) is 8.62. The lowest BCUT2D eigenvalue weighted by molar-refractivity contribution is -0.113. The summed E-state index contributed by atoms with van der Waals surface area (Å²) >= 11 is 4.56. The maximum atomic E-state index is 12.3. The maximum absolute atomic E-state index is 12.3. The van der Waals surface area contributed by atoms with Crippen molar-refractivity contribution in [2.75, 3.05) is 11.1 Å². The van der Waals surface area contributed by atoms with Gasteiger partial charge in [-0.2, -0.15) is 0 Å². The van der Waals surface area contributed by atoms with Crippen LogP contribution in [-0.4, -0.2) is 31.8 Å². The Hall–Kier alpha value is -3.01. The van der Waals surface area contributed by atoms with E-state index in [1.54, 1.807) is 22.7 Å². The summed E-state index contributed by atoms with van der Waals surface area (Å²) in [5, 5.41) is 13.5. The Kier molecular flexibility index (Phi) is 5.54. The van der Waals surface area contributed by atoms with Crippen LogP contribution in [0.4, 0.5) is 5.69 Å². The summed E-state index contributed by atoms with van der Waals surface area (Å²) in [5.41, 5.74) is 4.02. The zero-order chi connectivity index (χ0) is 21.2. The Bertz CT molecular complexity index is 1340. The Balaban J connectivity index is 1.19. The third-order valence-electron chi connectivity index (χ3n) is 4.51. The number of carbonyl (C=O) groups is 1. The first-order valence-corrected chi connectivity index (χ1v) is 12.2. The van der Waals surface area contributed by atoms with E-state index in [1.807, 2.05) is 41.8 Å². The number of thiophene rings is 1. The number of aromatic amines is 1. The molecule has 0 aliphatic carbocycles. The standard InChI is InChI=1S/C22H17N5OS3/c1-13-4-9-16-18(11-13)31-21(24-16)14-5-7-15(8-6-14)23-19(28)12-30-22-25-20(26-27-22)17-3-2-10-29-17/h2-11H,12H2,1H3,(H,23,28)(H,25,26,27). The summed E-state index contributed by atoms with van der Waals surface area (Å²) in [6.07, 6.45) is 0. The molecule has 0 saturated carbocycles. The minimum Gasteiger partial charge on any atom is -0.325 e. The van der Waals surface area contributed by atoms with Crippen molar-refractivity contribution in [3.05, 3.63) is 65.5 Å². The van der Waals surface area contributed by atoms with Gasteiger partial charge in [-0.3, -0.25) is 9.89 Å². The predicted molar refractivity (Wildman–Crippen MR) is 129 cm³/mol. The molecule has 2 aromatic carbocycles. The number of benzene rings is 2. The lowest BCUT2D eigenvalue weighted by Gasteiger charge is -2.05. The zero-order valence-corrected chi connectivity index (χ0v) is 18.9. The smallest absolute Gasteiger partial charge is 0.234 e. The van der Waals surface area contributed by atoms with Crippen LogP contribution in [0.5, 0.6) is 0 Å². The maximum Gasteiger partial charge on any atom is 0.234 e. The molecule has 0 radical (unpaired) electrons. The number of rotatable bonds is 6. The van der Waals surface area contributed by atoms with Crippen LogP contribution in [-0.2, 0) is 4.79 Å². The number of amides is 1. The highest BCUT2D eigenvalue weighted by Gasteiger charge is 2.11. The Morgan fingerprint density at radius 2 is 2.00 bits per heavy atom. The number of hydrogen-bond acceptors (Lipinski definition) is 7. The summed E-state index contributed by atoms with van der Waals surface area (Å²) in [5.74, 6) is 0.856. The quantitative estimate of drug-likeness (QED) is 0.309. The van der Waals surface area contributed by atoms with Crippen LogP contribution in [0.2, 0.25) is 0 Å². The molecule has 6 nitrogen and oxygen atoms in total. The van der Waals surface area contributed by atoms with Gasteiger partial charge in [-0.15, -0.1) is 27.8 Å². The van der Waals surface area contributed by atoms with E-state index in [2.05, 4.69) is 45.6 Å². The highest BCUT2D eigenvalue weighted by Crippen LogP contribution is 2.31. The zero-order valence-electron chi connectivity index (χ0n) is 16.5. The first-order chi connectivity index (χ1) is 15.1. The van der Waals surface area contributed by atoms with Crippen molar-refractivity contribution in [2.24, 2.45) is 0 Å². The molecule has 5 aromatic rings. The molecule has 31 heavy (non-hydrogen) atoms. The number of nitrogens with zero attached hydrogens (tertiary/aromatic N) is 3. The third kappa shape index (κ3) is 4.53. The van der Waals surface area contributed by atoms with Crippen LogP contribution in [0.15, 0.2) is 65.1 Å². The molecule has 0 spiro atoms. The molecule has 0 saturated heterocycles. The SMILES string of the molecule is Cc1ccc2nc(-c3ccc(NC(=O)CSc4n[nH]c(-c5cccs5)n4)cc3)sc2c1. The number of thioether (sulfide) groups is 1. The number of anilines is 1. The van der Waals surface area contributed by atoms with Crippen LogP contribution >= 0.6 is 34.4 Å². The number of thiazole rings is 1. The number of carbonyl (C=O) groups excluding carboxylic acids is 1. The van der Waals surface area contributed by atoms with Crippen molar-refractivity contribution in [3.63, 3.8) is 0 Å². The highest BCUT2D eigenvalue weighted by molar-refractivity contribution is 7.99. The van der Waals surface area contributed by atoms with E-state index < -0.39 is 0 Å². The average Bonchev–Trinajstić information content (AvgIpc) is 3.52. The van der Waals surface area contributed by atoms with Crippen LogP contribution in [0, 0.1) is 6.92 Å². The number of nitrogens with one attached hydrogen (secondary N) is 2. The minimum atomic E-state index is -0.101. The molecule has 1 amide bonds. The third-order valence-corrected chi connectivity index (χ3v) is 7.30. The number of hydrogen-bond donors (Lipinski definition) is 2. The van der Waals surface area contributed by atoms with Crippen molar-refractivity contribution in [3.8, 4) is 21.3 Å². The number of aromatic nitrogens is 4. The molecule has 9 heteroatoms.